The second-order valence-electron chi connectivity index (χ2n) is 4.85. The van der Waals surface area contributed by atoms with Gasteiger partial charge in [0.25, 0.3) is 0 Å². The van der Waals surface area contributed by atoms with E-state index < -0.39 is 11.9 Å². The van der Waals surface area contributed by atoms with Crippen LogP contribution in [0.3, 0.4) is 0 Å². The molecule has 0 aromatic rings. The lowest BCUT2D eigenvalue weighted by molar-refractivity contribution is -0.141. The molecule has 0 aromatic carbocycles. The van der Waals surface area contributed by atoms with Crippen LogP contribution in [0.15, 0.2) is 0 Å². The number of amides is 2. The van der Waals surface area contributed by atoms with Gasteiger partial charge in [0.05, 0.1) is 5.92 Å². The van der Waals surface area contributed by atoms with Crippen LogP contribution in [0.4, 0.5) is 4.79 Å². The van der Waals surface area contributed by atoms with Gasteiger partial charge in [0.15, 0.2) is 0 Å². The van der Waals surface area contributed by atoms with Crippen LogP contribution < -0.4 is 0 Å². The number of carbonyl (C=O) groups is 2. The first-order valence-corrected chi connectivity index (χ1v) is 6.41. The summed E-state index contributed by atoms with van der Waals surface area (Å²) in [6, 6.07) is -0.0429. The Bertz CT molecular complexity index is 301. The monoisotopic (exact) mass is 257 g/mol. The Balaban J connectivity index is 2.54. The molecule has 1 fully saturated rings. The van der Waals surface area contributed by atoms with Crippen LogP contribution in [-0.4, -0.2) is 78.1 Å². The third-order valence-electron chi connectivity index (χ3n) is 3.34. The number of carboxylic acid groups (broad SMARTS) is 1. The molecule has 0 bridgehead atoms. The van der Waals surface area contributed by atoms with E-state index in [0.29, 0.717) is 19.6 Å². The Kier molecular flexibility index (Phi) is 5.40. The molecule has 6 nitrogen and oxygen atoms in total. The highest BCUT2D eigenvalue weighted by molar-refractivity contribution is 5.76. The molecule has 104 valence electrons. The van der Waals surface area contributed by atoms with Crippen molar-refractivity contribution in [2.75, 3.05) is 46.3 Å². The number of nitrogens with zero attached hydrogens (tertiary/aromatic N) is 3. The SMILES string of the molecule is CCN(CC(C)C(=O)O)C(=O)N1CCN(C)CC1. The predicted molar refractivity (Wildman–Crippen MR) is 68.5 cm³/mol. The summed E-state index contributed by atoms with van der Waals surface area (Å²) in [5, 5.41) is 8.90. The molecule has 1 aliphatic rings. The third-order valence-corrected chi connectivity index (χ3v) is 3.34. The second-order valence-corrected chi connectivity index (χ2v) is 4.85. The number of carboxylic acids is 1. The number of rotatable bonds is 4. The van der Waals surface area contributed by atoms with Gasteiger partial charge in [0.1, 0.15) is 0 Å². The van der Waals surface area contributed by atoms with Crippen molar-refractivity contribution >= 4 is 12.0 Å². The van der Waals surface area contributed by atoms with Gasteiger partial charge in [-0.1, -0.05) is 6.92 Å². The van der Waals surface area contributed by atoms with Crippen LogP contribution in [-0.2, 0) is 4.79 Å². The van der Waals surface area contributed by atoms with Crippen LogP contribution in [0.2, 0.25) is 0 Å². The fraction of sp³-hybridized carbons (Fsp3) is 0.833. The first-order chi connectivity index (χ1) is 8.45. The lowest BCUT2D eigenvalue weighted by atomic mass is 10.2. The van der Waals surface area contributed by atoms with E-state index in [4.69, 9.17) is 5.11 Å². The minimum atomic E-state index is -0.861. The van der Waals surface area contributed by atoms with Gasteiger partial charge >= 0.3 is 12.0 Å². The molecule has 0 spiro atoms. The molecular formula is C12H23N3O3. The Morgan fingerprint density at radius 3 is 2.28 bits per heavy atom. The topological polar surface area (TPSA) is 64.1 Å². The largest absolute Gasteiger partial charge is 0.481 e. The standard InChI is InChI=1S/C12H23N3O3/c1-4-14(9-10(2)11(16)17)12(18)15-7-5-13(3)6-8-15/h10H,4-9H2,1-3H3,(H,16,17). The number of carbonyl (C=O) groups excluding carboxylic acids is 1. The van der Waals surface area contributed by atoms with E-state index in [1.807, 2.05) is 14.0 Å². The summed E-state index contributed by atoms with van der Waals surface area (Å²) in [5.74, 6) is -1.39. The van der Waals surface area contributed by atoms with E-state index in [9.17, 15) is 9.59 Å². The maximum atomic E-state index is 12.2. The Labute approximate surface area is 108 Å². The molecule has 1 N–H and O–H groups in total. The number of urea groups is 1. The number of hydrogen-bond acceptors (Lipinski definition) is 3. The summed E-state index contributed by atoms with van der Waals surface area (Å²) in [4.78, 5) is 28.7. The van der Waals surface area contributed by atoms with Crippen molar-refractivity contribution in [3.63, 3.8) is 0 Å². The molecule has 1 rings (SSSR count). The van der Waals surface area contributed by atoms with Crippen molar-refractivity contribution < 1.29 is 14.7 Å². The summed E-state index contributed by atoms with van der Waals surface area (Å²) in [7, 11) is 2.03. The molecule has 0 saturated carbocycles. The first kappa shape index (κ1) is 14.8. The van der Waals surface area contributed by atoms with E-state index in [1.54, 1.807) is 16.7 Å². The highest BCUT2D eigenvalue weighted by Crippen LogP contribution is 2.07. The zero-order chi connectivity index (χ0) is 13.7. The van der Waals surface area contributed by atoms with Crippen molar-refractivity contribution in [1.29, 1.82) is 0 Å². The van der Waals surface area contributed by atoms with Crippen LogP contribution in [0.25, 0.3) is 0 Å². The maximum Gasteiger partial charge on any atom is 0.320 e. The van der Waals surface area contributed by atoms with Gasteiger partial charge in [-0.05, 0) is 14.0 Å². The number of piperazine rings is 1. The zero-order valence-corrected chi connectivity index (χ0v) is 11.4. The molecule has 2 amide bonds. The Morgan fingerprint density at radius 2 is 1.83 bits per heavy atom. The highest BCUT2D eigenvalue weighted by Gasteiger charge is 2.25. The fourth-order valence-corrected chi connectivity index (χ4v) is 1.95. The van der Waals surface area contributed by atoms with Gasteiger partial charge in [-0.3, -0.25) is 4.79 Å². The average molecular weight is 257 g/mol. The van der Waals surface area contributed by atoms with Crippen molar-refractivity contribution in [2.24, 2.45) is 5.92 Å². The molecule has 1 heterocycles. The van der Waals surface area contributed by atoms with Gasteiger partial charge in [-0.2, -0.15) is 0 Å². The van der Waals surface area contributed by atoms with Crippen molar-refractivity contribution in [1.82, 2.24) is 14.7 Å². The molecule has 0 radical (unpaired) electrons. The summed E-state index contributed by atoms with van der Waals surface area (Å²) in [5.41, 5.74) is 0. The predicted octanol–water partition coefficient (Wildman–Crippen LogP) is 0.396. The lowest BCUT2D eigenvalue weighted by Gasteiger charge is -2.36. The molecule has 1 atom stereocenters. The summed E-state index contributed by atoms with van der Waals surface area (Å²) in [6.07, 6.45) is 0. The van der Waals surface area contributed by atoms with Crippen LogP contribution in [0, 0.1) is 5.92 Å². The summed E-state index contributed by atoms with van der Waals surface area (Å²) < 4.78 is 0. The van der Waals surface area contributed by atoms with Crippen molar-refractivity contribution in [2.45, 2.75) is 13.8 Å². The minimum Gasteiger partial charge on any atom is -0.481 e. The molecule has 6 heteroatoms. The molecular weight excluding hydrogens is 234 g/mol. The lowest BCUT2D eigenvalue weighted by Crippen LogP contribution is -2.52. The van der Waals surface area contributed by atoms with Gasteiger partial charge in [-0.25, -0.2) is 4.79 Å². The number of hydrogen-bond donors (Lipinski definition) is 1. The van der Waals surface area contributed by atoms with Gasteiger partial charge in [-0.15, -0.1) is 0 Å². The second kappa shape index (κ2) is 6.58. The first-order valence-electron chi connectivity index (χ1n) is 6.41. The van der Waals surface area contributed by atoms with Crippen LogP contribution >= 0.6 is 0 Å². The van der Waals surface area contributed by atoms with Crippen LogP contribution in [0.1, 0.15) is 13.8 Å². The third kappa shape index (κ3) is 3.87. The molecule has 1 aliphatic heterocycles. The quantitative estimate of drug-likeness (QED) is 0.791. The van der Waals surface area contributed by atoms with Gasteiger partial charge < -0.3 is 19.8 Å². The summed E-state index contributed by atoms with van der Waals surface area (Å²) >= 11 is 0. The van der Waals surface area contributed by atoms with Gasteiger partial charge in [0, 0.05) is 39.3 Å². The van der Waals surface area contributed by atoms with Gasteiger partial charge in [0.2, 0.25) is 0 Å². The van der Waals surface area contributed by atoms with E-state index in [2.05, 4.69) is 4.90 Å². The van der Waals surface area contributed by atoms with E-state index >= 15 is 0 Å². The number of likely N-dealkylation sites (N-methyl/N-ethyl adjacent to an activating group) is 1. The fourth-order valence-electron chi connectivity index (χ4n) is 1.95. The molecule has 1 unspecified atom stereocenters. The molecule has 0 aromatic heterocycles. The zero-order valence-electron chi connectivity index (χ0n) is 11.4. The molecule has 0 aliphatic carbocycles. The maximum absolute atomic E-state index is 12.2. The normalized spacial score (nSPS) is 18.5. The van der Waals surface area contributed by atoms with Crippen molar-refractivity contribution in [3.05, 3.63) is 0 Å². The van der Waals surface area contributed by atoms with E-state index in [1.165, 1.54) is 0 Å². The van der Waals surface area contributed by atoms with E-state index in [0.717, 1.165) is 13.1 Å². The molecule has 18 heavy (non-hydrogen) atoms. The van der Waals surface area contributed by atoms with Crippen LogP contribution in [0.5, 0.6) is 0 Å². The average Bonchev–Trinajstić information content (AvgIpc) is 2.35. The number of aliphatic carboxylic acids is 1. The smallest absolute Gasteiger partial charge is 0.320 e. The van der Waals surface area contributed by atoms with Crippen molar-refractivity contribution in [3.8, 4) is 0 Å². The minimum absolute atomic E-state index is 0.0429. The molecule has 1 saturated heterocycles. The van der Waals surface area contributed by atoms with E-state index in [-0.39, 0.29) is 12.6 Å². The highest BCUT2D eigenvalue weighted by atomic mass is 16.4. The summed E-state index contributed by atoms with van der Waals surface area (Å²) in [6.45, 7) is 7.50. The Hall–Kier alpha value is -1.30. The Morgan fingerprint density at radius 1 is 1.28 bits per heavy atom.